The zero-order valence-corrected chi connectivity index (χ0v) is 12.9. The van der Waals surface area contributed by atoms with Crippen molar-refractivity contribution in [2.24, 2.45) is 5.73 Å². The van der Waals surface area contributed by atoms with Gasteiger partial charge in [-0.1, -0.05) is 6.07 Å². The second-order valence-corrected chi connectivity index (χ2v) is 6.52. The van der Waals surface area contributed by atoms with E-state index in [1.54, 1.807) is 11.3 Å². The van der Waals surface area contributed by atoms with Crippen LogP contribution >= 0.6 is 27.3 Å². The van der Waals surface area contributed by atoms with E-state index < -0.39 is 0 Å². The molecule has 19 heavy (non-hydrogen) atoms. The normalized spacial score (nSPS) is 11.3. The van der Waals surface area contributed by atoms with Gasteiger partial charge in [-0.2, -0.15) is 0 Å². The highest BCUT2D eigenvalue weighted by molar-refractivity contribution is 9.10. The summed E-state index contributed by atoms with van der Waals surface area (Å²) in [5.74, 6) is 0. The summed E-state index contributed by atoms with van der Waals surface area (Å²) < 4.78 is 3.45. The highest BCUT2D eigenvalue weighted by atomic mass is 79.9. The highest BCUT2D eigenvalue weighted by Gasteiger charge is 2.04. The summed E-state index contributed by atoms with van der Waals surface area (Å²) in [5.41, 5.74) is 8.20. The maximum absolute atomic E-state index is 5.61. The lowest BCUT2D eigenvalue weighted by Crippen LogP contribution is -2.02. The van der Waals surface area contributed by atoms with Gasteiger partial charge in [-0.25, -0.2) is 0 Å². The van der Waals surface area contributed by atoms with E-state index in [0.29, 0.717) is 6.54 Å². The fraction of sp³-hybridized carbons (Fsp3) is 0.200. The van der Waals surface area contributed by atoms with Crippen LogP contribution in [0.4, 0.5) is 0 Å². The van der Waals surface area contributed by atoms with E-state index in [4.69, 9.17) is 5.73 Å². The zero-order valence-electron chi connectivity index (χ0n) is 10.5. The van der Waals surface area contributed by atoms with Crippen LogP contribution in [-0.4, -0.2) is 11.1 Å². The number of halogens is 1. The minimum absolute atomic E-state index is 0.704. The van der Waals surface area contributed by atoms with Crippen LogP contribution in [0.1, 0.15) is 10.4 Å². The molecule has 0 atom stereocenters. The Bertz CT molecular complexity index is 699. The molecule has 0 spiro atoms. The number of hydrogen-bond donors (Lipinski definition) is 1. The van der Waals surface area contributed by atoms with Crippen LogP contribution in [0.3, 0.4) is 0 Å². The second-order valence-electron chi connectivity index (χ2n) is 4.61. The summed E-state index contributed by atoms with van der Waals surface area (Å²) >= 11 is 5.29. The molecule has 0 aliphatic rings. The van der Waals surface area contributed by atoms with Gasteiger partial charge in [0.25, 0.3) is 0 Å². The summed E-state index contributed by atoms with van der Waals surface area (Å²) in [7, 11) is 0. The van der Waals surface area contributed by atoms with Crippen molar-refractivity contribution in [1.29, 1.82) is 0 Å². The van der Waals surface area contributed by atoms with Crippen molar-refractivity contribution in [2.45, 2.75) is 13.0 Å². The zero-order chi connectivity index (χ0) is 13.2. The van der Waals surface area contributed by atoms with E-state index in [2.05, 4.69) is 62.4 Å². The molecule has 2 aromatic heterocycles. The minimum atomic E-state index is 0.704. The van der Waals surface area contributed by atoms with E-state index in [-0.39, 0.29) is 0 Å². The molecule has 3 rings (SSSR count). The van der Waals surface area contributed by atoms with Crippen LogP contribution in [-0.2, 0) is 13.0 Å². The first-order valence-electron chi connectivity index (χ1n) is 6.27. The number of hydrogen-bond acceptors (Lipinski definition) is 2. The Labute approximate surface area is 125 Å². The van der Waals surface area contributed by atoms with E-state index in [9.17, 15) is 0 Å². The van der Waals surface area contributed by atoms with Gasteiger partial charge < -0.3 is 10.3 Å². The molecule has 0 aliphatic carbocycles. The molecule has 98 valence electrons. The molecular weight excluding hydrogens is 320 g/mol. The van der Waals surface area contributed by atoms with Gasteiger partial charge in [-0.3, -0.25) is 0 Å². The lowest BCUT2D eigenvalue weighted by Gasteiger charge is -2.04. The first kappa shape index (κ1) is 12.9. The van der Waals surface area contributed by atoms with E-state index >= 15 is 0 Å². The smallest absolute Gasteiger partial charge is 0.0569 e. The molecule has 2 heterocycles. The van der Waals surface area contributed by atoms with Crippen molar-refractivity contribution in [2.75, 3.05) is 6.54 Å². The quantitative estimate of drug-likeness (QED) is 0.767. The Morgan fingerprint density at radius 1 is 1.21 bits per heavy atom. The molecule has 0 saturated carbocycles. The Kier molecular flexibility index (Phi) is 3.73. The monoisotopic (exact) mass is 334 g/mol. The topological polar surface area (TPSA) is 30.9 Å². The molecule has 0 unspecified atom stereocenters. The number of aromatic nitrogens is 1. The van der Waals surface area contributed by atoms with Gasteiger partial charge in [0.1, 0.15) is 0 Å². The van der Waals surface area contributed by atoms with Gasteiger partial charge in [0.2, 0.25) is 0 Å². The molecule has 0 fully saturated rings. The fourth-order valence-electron chi connectivity index (χ4n) is 2.31. The minimum Gasteiger partial charge on any atom is -0.342 e. The lowest BCUT2D eigenvalue weighted by atomic mass is 10.1. The molecule has 0 amide bonds. The fourth-order valence-corrected chi connectivity index (χ4v) is 3.76. The third-order valence-electron chi connectivity index (χ3n) is 3.22. The first-order chi connectivity index (χ1) is 9.26. The Hall–Kier alpha value is -1.10. The van der Waals surface area contributed by atoms with Crippen molar-refractivity contribution in [3.63, 3.8) is 0 Å². The Morgan fingerprint density at radius 2 is 2.11 bits per heavy atom. The average Bonchev–Trinajstić information content (AvgIpc) is 2.97. The Morgan fingerprint density at radius 3 is 2.84 bits per heavy atom. The van der Waals surface area contributed by atoms with Gasteiger partial charge in [0, 0.05) is 26.4 Å². The standard InChI is InChI=1S/C15H15BrN2S/c16-13-8-14(19-10-13)9-18-6-4-12-7-11(3-5-17)1-2-15(12)18/h1-2,4,6-8,10H,3,5,9,17H2. The van der Waals surface area contributed by atoms with Crippen LogP contribution in [0.25, 0.3) is 10.9 Å². The molecule has 4 heteroatoms. The van der Waals surface area contributed by atoms with Crippen molar-refractivity contribution in [1.82, 2.24) is 4.57 Å². The van der Waals surface area contributed by atoms with Crippen LogP contribution in [0.15, 0.2) is 46.4 Å². The summed E-state index contributed by atoms with van der Waals surface area (Å²) in [6.45, 7) is 1.63. The molecule has 0 radical (unpaired) electrons. The van der Waals surface area contributed by atoms with Crippen LogP contribution in [0.5, 0.6) is 0 Å². The van der Waals surface area contributed by atoms with Crippen molar-refractivity contribution >= 4 is 38.2 Å². The van der Waals surface area contributed by atoms with E-state index in [1.165, 1.54) is 21.3 Å². The van der Waals surface area contributed by atoms with Crippen molar-refractivity contribution in [3.05, 3.63) is 56.8 Å². The number of nitrogens with two attached hydrogens (primary N) is 1. The molecule has 0 bridgehead atoms. The van der Waals surface area contributed by atoms with Crippen molar-refractivity contribution < 1.29 is 0 Å². The van der Waals surface area contributed by atoms with Gasteiger partial charge >= 0.3 is 0 Å². The van der Waals surface area contributed by atoms with Crippen LogP contribution in [0, 0.1) is 0 Å². The van der Waals surface area contributed by atoms with Gasteiger partial charge in [0.15, 0.2) is 0 Å². The SMILES string of the molecule is NCCc1ccc2c(ccn2Cc2cc(Br)cs2)c1. The average molecular weight is 335 g/mol. The van der Waals surface area contributed by atoms with Crippen molar-refractivity contribution in [3.8, 4) is 0 Å². The van der Waals surface area contributed by atoms with Gasteiger partial charge in [0.05, 0.1) is 6.54 Å². The third kappa shape index (κ3) is 2.76. The highest BCUT2D eigenvalue weighted by Crippen LogP contribution is 2.23. The summed E-state index contributed by atoms with van der Waals surface area (Å²) in [6.07, 6.45) is 3.10. The predicted octanol–water partition coefficient (Wildman–Crippen LogP) is 4.01. The number of thiophene rings is 1. The van der Waals surface area contributed by atoms with Gasteiger partial charge in [-0.15, -0.1) is 11.3 Å². The maximum atomic E-state index is 5.61. The summed E-state index contributed by atoms with van der Waals surface area (Å²) in [6, 6.07) is 11.0. The molecule has 2 N–H and O–H groups in total. The lowest BCUT2D eigenvalue weighted by molar-refractivity contribution is 0.851. The molecule has 0 aliphatic heterocycles. The second kappa shape index (κ2) is 5.49. The Balaban J connectivity index is 1.92. The molecule has 1 aromatic carbocycles. The summed E-state index contributed by atoms with van der Waals surface area (Å²) in [4.78, 5) is 1.36. The first-order valence-corrected chi connectivity index (χ1v) is 7.94. The van der Waals surface area contributed by atoms with E-state index in [0.717, 1.165) is 17.4 Å². The maximum Gasteiger partial charge on any atom is 0.0569 e. The number of benzene rings is 1. The molecule has 3 aromatic rings. The molecular formula is C15H15BrN2S. The third-order valence-corrected chi connectivity index (χ3v) is 4.90. The number of fused-ring (bicyclic) bond motifs is 1. The van der Waals surface area contributed by atoms with Crippen LogP contribution in [0.2, 0.25) is 0 Å². The summed E-state index contributed by atoms with van der Waals surface area (Å²) in [5, 5.41) is 3.42. The van der Waals surface area contributed by atoms with Crippen LogP contribution < -0.4 is 5.73 Å². The number of nitrogens with zero attached hydrogens (tertiary/aromatic N) is 1. The molecule has 0 saturated heterocycles. The molecule has 2 nitrogen and oxygen atoms in total. The predicted molar refractivity (Wildman–Crippen MR) is 85.8 cm³/mol. The number of rotatable bonds is 4. The van der Waals surface area contributed by atoms with E-state index in [1.807, 2.05) is 0 Å². The van der Waals surface area contributed by atoms with Gasteiger partial charge in [-0.05, 0) is 64.1 Å². The largest absolute Gasteiger partial charge is 0.342 e.